The Morgan fingerprint density at radius 2 is 2.17 bits per heavy atom. The molecule has 0 radical (unpaired) electrons. The average molecular weight is 323 g/mol. The molecular weight excluding hydrogens is 308 g/mol. The molecule has 2 heterocycles. The number of aromatic nitrogens is 2. The number of hydrogen-bond donors (Lipinski definition) is 1. The van der Waals surface area contributed by atoms with Gasteiger partial charge in [-0.05, 0) is 30.3 Å². The normalized spacial score (nSPS) is 11.5. The number of hydrogen-bond acceptors (Lipinski definition) is 3. The first kappa shape index (κ1) is 15.1. The third-order valence-electron chi connectivity index (χ3n) is 3.66. The van der Waals surface area contributed by atoms with Crippen molar-refractivity contribution >= 4 is 39.8 Å². The van der Waals surface area contributed by atoms with E-state index in [0.29, 0.717) is 10.6 Å². The first-order valence-corrected chi connectivity index (χ1v) is 7.48. The van der Waals surface area contributed by atoms with Gasteiger partial charge in [0.15, 0.2) is 0 Å². The summed E-state index contributed by atoms with van der Waals surface area (Å²) in [6, 6.07) is 9.80. The average Bonchev–Trinajstić information content (AvgIpc) is 2.95. The maximum atomic E-state index is 9.62. The lowest BCUT2D eigenvalue weighted by Crippen LogP contribution is -2.10. The summed E-state index contributed by atoms with van der Waals surface area (Å²) in [6.07, 6.45) is 7.19. The van der Waals surface area contributed by atoms with Crippen LogP contribution in [-0.4, -0.2) is 24.1 Å². The number of halogens is 1. The van der Waals surface area contributed by atoms with Crippen molar-refractivity contribution in [2.45, 2.75) is 0 Å². The van der Waals surface area contributed by atoms with Crippen LogP contribution < -0.4 is 4.90 Å². The number of anilines is 1. The summed E-state index contributed by atoms with van der Waals surface area (Å²) >= 11 is 6.09. The molecule has 0 aliphatic rings. The lowest BCUT2D eigenvalue weighted by molar-refractivity contribution is 1.11. The van der Waals surface area contributed by atoms with E-state index in [4.69, 9.17) is 11.6 Å². The van der Waals surface area contributed by atoms with Gasteiger partial charge in [0, 0.05) is 65.4 Å². The molecule has 0 saturated carbocycles. The molecule has 0 saturated heterocycles. The Morgan fingerprint density at radius 3 is 2.91 bits per heavy atom. The third-order valence-corrected chi connectivity index (χ3v) is 3.90. The van der Waals surface area contributed by atoms with E-state index in [-0.39, 0.29) is 0 Å². The van der Waals surface area contributed by atoms with Gasteiger partial charge in [0.1, 0.15) is 0 Å². The van der Waals surface area contributed by atoms with Crippen molar-refractivity contribution in [2.24, 2.45) is 0 Å². The SMILES string of the molecule is CN(C)c1ccncc1C=C(C#N)c1c[nH]c2ccc(Cl)cc12. The molecule has 2 aromatic heterocycles. The molecule has 4 nitrogen and oxygen atoms in total. The molecule has 1 aromatic carbocycles. The quantitative estimate of drug-likeness (QED) is 0.729. The highest BCUT2D eigenvalue weighted by Gasteiger charge is 2.11. The molecule has 0 aliphatic heterocycles. The second kappa shape index (κ2) is 6.15. The van der Waals surface area contributed by atoms with Crippen molar-refractivity contribution in [3.63, 3.8) is 0 Å². The molecular formula is C18H15ClN4. The monoisotopic (exact) mass is 322 g/mol. The molecule has 3 aromatic rings. The molecule has 114 valence electrons. The van der Waals surface area contributed by atoms with Crippen LogP contribution >= 0.6 is 11.6 Å². The summed E-state index contributed by atoms with van der Waals surface area (Å²) in [4.78, 5) is 9.33. The number of rotatable bonds is 3. The zero-order valence-corrected chi connectivity index (χ0v) is 13.6. The highest BCUT2D eigenvalue weighted by molar-refractivity contribution is 6.31. The number of benzene rings is 1. The number of pyridine rings is 1. The van der Waals surface area contributed by atoms with E-state index < -0.39 is 0 Å². The van der Waals surface area contributed by atoms with E-state index in [0.717, 1.165) is 27.7 Å². The minimum Gasteiger partial charge on any atom is -0.377 e. The third kappa shape index (κ3) is 2.92. The van der Waals surface area contributed by atoms with Crippen molar-refractivity contribution in [1.29, 1.82) is 5.26 Å². The van der Waals surface area contributed by atoms with Crippen LogP contribution in [0.3, 0.4) is 0 Å². The Morgan fingerprint density at radius 1 is 1.35 bits per heavy atom. The van der Waals surface area contributed by atoms with Gasteiger partial charge in [0.05, 0.1) is 11.6 Å². The Kier molecular flexibility index (Phi) is 4.05. The van der Waals surface area contributed by atoms with Crippen molar-refractivity contribution in [3.05, 3.63) is 59.0 Å². The van der Waals surface area contributed by atoms with Gasteiger partial charge in [-0.1, -0.05) is 11.6 Å². The van der Waals surface area contributed by atoms with Crippen LogP contribution in [0.2, 0.25) is 5.02 Å². The molecule has 0 aliphatic carbocycles. The minimum atomic E-state index is 0.564. The molecule has 0 fully saturated rings. The van der Waals surface area contributed by atoms with Crippen LogP contribution in [0, 0.1) is 11.3 Å². The molecule has 0 spiro atoms. The Balaban J connectivity index is 2.16. The Bertz CT molecular complexity index is 932. The number of nitrogens with one attached hydrogen (secondary N) is 1. The van der Waals surface area contributed by atoms with Crippen molar-refractivity contribution < 1.29 is 0 Å². The van der Waals surface area contributed by atoms with Crippen molar-refractivity contribution in [3.8, 4) is 6.07 Å². The summed E-state index contributed by atoms with van der Waals surface area (Å²) in [6.45, 7) is 0. The molecule has 1 N–H and O–H groups in total. The fraction of sp³-hybridized carbons (Fsp3) is 0.111. The van der Waals surface area contributed by atoms with Gasteiger partial charge in [-0.3, -0.25) is 4.98 Å². The van der Waals surface area contributed by atoms with Crippen LogP contribution in [0.1, 0.15) is 11.1 Å². The first-order chi connectivity index (χ1) is 11.1. The molecule has 3 rings (SSSR count). The van der Waals surface area contributed by atoms with Gasteiger partial charge in [-0.15, -0.1) is 0 Å². The topological polar surface area (TPSA) is 55.7 Å². The molecule has 0 amide bonds. The van der Waals surface area contributed by atoms with Gasteiger partial charge in [-0.2, -0.15) is 5.26 Å². The largest absolute Gasteiger partial charge is 0.377 e. The number of fused-ring (bicyclic) bond motifs is 1. The zero-order chi connectivity index (χ0) is 16.4. The minimum absolute atomic E-state index is 0.564. The van der Waals surface area contributed by atoms with Crippen LogP contribution in [0.4, 0.5) is 5.69 Å². The van der Waals surface area contributed by atoms with Gasteiger partial charge >= 0.3 is 0 Å². The zero-order valence-electron chi connectivity index (χ0n) is 12.8. The number of allylic oxidation sites excluding steroid dienone is 1. The van der Waals surface area contributed by atoms with E-state index in [1.807, 2.05) is 55.5 Å². The fourth-order valence-corrected chi connectivity index (χ4v) is 2.73. The summed E-state index contributed by atoms with van der Waals surface area (Å²) in [5, 5.41) is 11.2. The van der Waals surface area contributed by atoms with E-state index in [2.05, 4.69) is 16.0 Å². The van der Waals surface area contributed by atoms with E-state index >= 15 is 0 Å². The number of aromatic amines is 1. The van der Waals surface area contributed by atoms with Gasteiger partial charge in [0.2, 0.25) is 0 Å². The fourth-order valence-electron chi connectivity index (χ4n) is 2.56. The van der Waals surface area contributed by atoms with Gasteiger partial charge in [0.25, 0.3) is 0 Å². The smallest absolute Gasteiger partial charge is 0.0999 e. The molecule has 5 heteroatoms. The van der Waals surface area contributed by atoms with Gasteiger partial charge < -0.3 is 9.88 Å². The van der Waals surface area contributed by atoms with Crippen LogP contribution in [-0.2, 0) is 0 Å². The summed E-state index contributed by atoms with van der Waals surface area (Å²) in [5.41, 5.74) is 4.24. The number of nitrogens with zero attached hydrogens (tertiary/aromatic N) is 3. The Labute approximate surface area is 139 Å². The standard InChI is InChI=1S/C18H15ClN4/c1-23(2)18-5-6-21-10-13(18)7-12(9-20)16-11-22-17-4-3-14(19)8-15(16)17/h3-8,10-11,22H,1-2H3. The van der Waals surface area contributed by atoms with E-state index in [9.17, 15) is 5.26 Å². The maximum Gasteiger partial charge on any atom is 0.0999 e. The summed E-state index contributed by atoms with van der Waals surface area (Å²) in [7, 11) is 3.92. The predicted molar refractivity (Wildman–Crippen MR) is 95.4 cm³/mol. The van der Waals surface area contributed by atoms with Crippen molar-refractivity contribution in [1.82, 2.24) is 9.97 Å². The highest BCUT2D eigenvalue weighted by atomic mass is 35.5. The molecule has 23 heavy (non-hydrogen) atoms. The molecule has 0 bridgehead atoms. The predicted octanol–water partition coefficient (Wildman–Crippen LogP) is 4.35. The van der Waals surface area contributed by atoms with E-state index in [1.54, 1.807) is 12.4 Å². The number of H-pyrrole nitrogens is 1. The van der Waals surface area contributed by atoms with Crippen LogP contribution in [0.15, 0.2) is 42.9 Å². The first-order valence-electron chi connectivity index (χ1n) is 7.10. The Hall–Kier alpha value is -2.77. The lowest BCUT2D eigenvalue weighted by Gasteiger charge is -2.15. The van der Waals surface area contributed by atoms with Crippen LogP contribution in [0.5, 0.6) is 0 Å². The summed E-state index contributed by atoms with van der Waals surface area (Å²) in [5.74, 6) is 0. The second-order valence-corrected chi connectivity index (χ2v) is 5.83. The maximum absolute atomic E-state index is 9.62. The summed E-state index contributed by atoms with van der Waals surface area (Å²) < 4.78 is 0. The van der Waals surface area contributed by atoms with E-state index in [1.165, 1.54) is 0 Å². The van der Waals surface area contributed by atoms with Crippen molar-refractivity contribution in [2.75, 3.05) is 19.0 Å². The number of nitriles is 1. The molecule has 0 atom stereocenters. The highest BCUT2D eigenvalue weighted by Crippen LogP contribution is 2.30. The molecule has 0 unspecified atom stereocenters. The van der Waals surface area contributed by atoms with Gasteiger partial charge in [-0.25, -0.2) is 0 Å². The lowest BCUT2D eigenvalue weighted by atomic mass is 10.0. The second-order valence-electron chi connectivity index (χ2n) is 5.39. The van der Waals surface area contributed by atoms with Crippen LogP contribution in [0.25, 0.3) is 22.6 Å².